The second-order valence-corrected chi connectivity index (χ2v) is 4.59. The molecule has 6 heteroatoms. The average Bonchev–Trinajstić information content (AvgIpc) is 2.40. The molecular formula is C12H11N3O2S. The van der Waals surface area contributed by atoms with Gasteiger partial charge in [0.25, 0.3) is 5.69 Å². The molecule has 2 rings (SSSR count). The molecule has 1 aromatic carbocycles. The topological polar surface area (TPSA) is 82.0 Å². The standard InChI is InChI=1S/C12H11N3O2S/c13-8-9-2-1-7-14-12(9)18-11-5-3-10(4-6-11)15(16)17/h1-7H,8,13H2. The van der Waals surface area contributed by atoms with Gasteiger partial charge in [-0.15, -0.1) is 0 Å². The Kier molecular flexibility index (Phi) is 3.91. The number of nitro groups is 1. The van der Waals surface area contributed by atoms with Gasteiger partial charge in [-0.1, -0.05) is 17.8 Å². The lowest BCUT2D eigenvalue weighted by Gasteiger charge is -2.05. The fourth-order valence-electron chi connectivity index (χ4n) is 1.42. The van der Waals surface area contributed by atoms with Crippen molar-refractivity contribution in [3.05, 3.63) is 58.3 Å². The molecule has 0 aliphatic carbocycles. The van der Waals surface area contributed by atoms with Crippen molar-refractivity contribution in [2.75, 3.05) is 0 Å². The summed E-state index contributed by atoms with van der Waals surface area (Å²) < 4.78 is 0. The summed E-state index contributed by atoms with van der Waals surface area (Å²) in [4.78, 5) is 15.3. The van der Waals surface area contributed by atoms with Crippen LogP contribution in [0.15, 0.2) is 52.5 Å². The van der Waals surface area contributed by atoms with Gasteiger partial charge >= 0.3 is 0 Å². The molecule has 0 amide bonds. The number of benzene rings is 1. The van der Waals surface area contributed by atoms with E-state index >= 15 is 0 Å². The Morgan fingerprint density at radius 2 is 2.00 bits per heavy atom. The Morgan fingerprint density at radius 1 is 1.28 bits per heavy atom. The summed E-state index contributed by atoms with van der Waals surface area (Å²) in [5, 5.41) is 11.4. The SMILES string of the molecule is NCc1cccnc1Sc1ccc([N+](=O)[O-])cc1. The van der Waals surface area contributed by atoms with Crippen LogP contribution >= 0.6 is 11.8 Å². The Labute approximate surface area is 108 Å². The van der Waals surface area contributed by atoms with E-state index in [4.69, 9.17) is 5.73 Å². The van der Waals surface area contributed by atoms with Crippen LogP contribution in [0.2, 0.25) is 0 Å². The van der Waals surface area contributed by atoms with Crippen molar-refractivity contribution < 1.29 is 4.92 Å². The van der Waals surface area contributed by atoms with E-state index in [1.807, 2.05) is 12.1 Å². The Morgan fingerprint density at radius 3 is 2.61 bits per heavy atom. The molecule has 0 bridgehead atoms. The zero-order valence-electron chi connectivity index (χ0n) is 9.45. The van der Waals surface area contributed by atoms with Crippen molar-refractivity contribution in [3.8, 4) is 0 Å². The molecule has 0 aliphatic rings. The van der Waals surface area contributed by atoms with E-state index in [1.165, 1.54) is 23.9 Å². The van der Waals surface area contributed by atoms with Gasteiger partial charge in [-0.2, -0.15) is 0 Å². The van der Waals surface area contributed by atoms with E-state index in [-0.39, 0.29) is 5.69 Å². The number of hydrogen-bond acceptors (Lipinski definition) is 5. The number of aromatic nitrogens is 1. The molecule has 18 heavy (non-hydrogen) atoms. The highest BCUT2D eigenvalue weighted by atomic mass is 32.2. The van der Waals surface area contributed by atoms with Crippen molar-refractivity contribution in [3.63, 3.8) is 0 Å². The second-order valence-electron chi connectivity index (χ2n) is 3.52. The Bertz CT molecular complexity index is 558. The minimum atomic E-state index is -0.416. The number of rotatable bonds is 4. The minimum Gasteiger partial charge on any atom is -0.326 e. The quantitative estimate of drug-likeness (QED) is 0.675. The third-order valence-corrected chi connectivity index (χ3v) is 3.40. The van der Waals surface area contributed by atoms with Gasteiger partial charge in [-0.3, -0.25) is 10.1 Å². The van der Waals surface area contributed by atoms with Crippen LogP contribution in [0.3, 0.4) is 0 Å². The summed E-state index contributed by atoms with van der Waals surface area (Å²) in [6.07, 6.45) is 1.70. The maximum atomic E-state index is 10.5. The fraction of sp³-hybridized carbons (Fsp3) is 0.0833. The van der Waals surface area contributed by atoms with Gasteiger partial charge in [0.05, 0.1) is 4.92 Å². The molecule has 2 N–H and O–H groups in total. The Hall–Kier alpha value is -1.92. The third-order valence-electron chi connectivity index (χ3n) is 2.33. The zero-order chi connectivity index (χ0) is 13.0. The van der Waals surface area contributed by atoms with Crippen molar-refractivity contribution in [1.29, 1.82) is 0 Å². The van der Waals surface area contributed by atoms with E-state index in [9.17, 15) is 10.1 Å². The molecule has 0 unspecified atom stereocenters. The lowest BCUT2D eigenvalue weighted by Crippen LogP contribution is -1.99. The zero-order valence-corrected chi connectivity index (χ0v) is 10.3. The van der Waals surface area contributed by atoms with E-state index in [0.29, 0.717) is 6.54 Å². The highest BCUT2D eigenvalue weighted by Crippen LogP contribution is 2.29. The van der Waals surface area contributed by atoms with Crippen molar-refractivity contribution >= 4 is 17.4 Å². The number of hydrogen-bond donors (Lipinski definition) is 1. The molecule has 0 aliphatic heterocycles. The van der Waals surface area contributed by atoms with Crippen LogP contribution in [-0.4, -0.2) is 9.91 Å². The van der Waals surface area contributed by atoms with Gasteiger partial charge in [0.15, 0.2) is 0 Å². The largest absolute Gasteiger partial charge is 0.326 e. The summed E-state index contributed by atoms with van der Waals surface area (Å²) in [6, 6.07) is 10.1. The van der Waals surface area contributed by atoms with Gasteiger partial charge in [0.1, 0.15) is 5.03 Å². The van der Waals surface area contributed by atoms with E-state index in [1.54, 1.807) is 18.3 Å². The lowest BCUT2D eigenvalue weighted by molar-refractivity contribution is -0.384. The van der Waals surface area contributed by atoms with Crippen LogP contribution < -0.4 is 5.73 Å². The molecule has 0 saturated carbocycles. The summed E-state index contributed by atoms with van der Waals surface area (Å²) in [5.41, 5.74) is 6.67. The number of non-ortho nitro benzene ring substituents is 1. The number of nitro benzene ring substituents is 1. The number of nitrogens with zero attached hydrogens (tertiary/aromatic N) is 2. The first kappa shape index (κ1) is 12.5. The molecule has 2 aromatic rings. The van der Waals surface area contributed by atoms with E-state index < -0.39 is 4.92 Å². The molecule has 0 fully saturated rings. The molecule has 92 valence electrons. The molecule has 1 heterocycles. The highest BCUT2D eigenvalue weighted by Gasteiger charge is 2.07. The van der Waals surface area contributed by atoms with Gasteiger partial charge in [0.2, 0.25) is 0 Å². The van der Waals surface area contributed by atoms with Gasteiger partial charge in [-0.05, 0) is 23.8 Å². The monoisotopic (exact) mass is 261 g/mol. The Balaban J connectivity index is 2.21. The fourth-order valence-corrected chi connectivity index (χ4v) is 2.31. The van der Waals surface area contributed by atoms with Crippen molar-refractivity contribution in [1.82, 2.24) is 4.98 Å². The van der Waals surface area contributed by atoms with E-state index in [0.717, 1.165) is 15.5 Å². The van der Waals surface area contributed by atoms with Crippen LogP contribution in [0.5, 0.6) is 0 Å². The van der Waals surface area contributed by atoms with Crippen LogP contribution in [0.25, 0.3) is 0 Å². The molecule has 0 saturated heterocycles. The predicted molar refractivity (Wildman–Crippen MR) is 69.3 cm³/mol. The third kappa shape index (κ3) is 2.85. The smallest absolute Gasteiger partial charge is 0.269 e. The first-order valence-corrected chi connectivity index (χ1v) is 6.08. The van der Waals surface area contributed by atoms with Crippen LogP contribution in [0.1, 0.15) is 5.56 Å². The number of nitrogens with two attached hydrogens (primary N) is 1. The summed E-state index contributed by atoms with van der Waals surface area (Å²) in [7, 11) is 0. The predicted octanol–water partition coefficient (Wildman–Crippen LogP) is 2.60. The maximum Gasteiger partial charge on any atom is 0.269 e. The van der Waals surface area contributed by atoms with Crippen LogP contribution in [-0.2, 0) is 6.54 Å². The van der Waals surface area contributed by atoms with Crippen LogP contribution in [0.4, 0.5) is 5.69 Å². The summed E-state index contributed by atoms with van der Waals surface area (Å²) >= 11 is 1.45. The first-order chi connectivity index (χ1) is 8.70. The summed E-state index contributed by atoms with van der Waals surface area (Å²) in [6.45, 7) is 0.420. The molecule has 0 spiro atoms. The van der Waals surface area contributed by atoms with Crippen molar-refractivity contribution in [2.24, 2.45) is 5.73 Å². The maximum absolute atomic E-state index is 10.5. The van der Waals surface area contributed by atoms with Crippen molar-refractivity contribution in [2.45, 2.75) is 16.5 Å². The van der Waals surface area contributed by atoms with Gasteiger partial charge < -0.3 is 5.73 Å². The van der Waals surface area contributed by atoms with Gasteiger partial charge in [0, 0.05) is 29.8 Å². The molecule has 0 radical (unpaired) electrons. The first-order valence-electron chi connectivity index (χ1n) is 5.27. The average molecular weight is 261 g/mol. The second kappa shape index (κ2) is 5.61. The molecule has 1 aromatic heterocycles. The van der Waals surface area contributed by atoms with Gasteiger partial charge in [-0.25, -0.2) is 4.98 Å². The molecular weight excluding hydrogens is 250 g/mol. The summed E-state index contributed by atoms with van der Waals surface area (Å²) in [5.74, 6) is 0. The normalized spacial score (nSPS) is 10.3. The minimum absolute atomic E-state index is 0.0828. The number of pyridine rings is 1. The molecule has 5 nitrogen and oxygen atoms in total. The highest BCUT2D eigenvalue weighted by molar-refractivity contribution is 7.99. The van der Waals surface area contributed by atoms with E-state index in [2.05, 4.69) is 4.98 Å². The molecule has 0 atom stereocenters. The lowest BCUT2D eigenvalue weighted by atomic mass is 10.3. The van der Waals surface area contributed by atoms with Crippen LogP contribution in [0, 0.1) is 10.1 Å².